The molecule has 7 nitrogen and oxygen atoms in total. The van der Waals surface area contributed by atoms with E-state index < -0.39 is 18.5 Å². The molecule has 0 aliphatic heterocycles. The van der Waals surface area contributed by atoms with E-state index in [2.05, 4.69) is 10.3 Å². The van der Waals surface area contributed by atoms with Gasteiger partial charge in [0, 0.05) is 11.6 Å². The third-order valence-corrected chi connectivity index (χ3v) is 4.93. The first-order chi connectivity index (χ1) is 14.0. The number of methoxy groups -OCH3 is 2. The molecular weight excluding hydrogens is 392 g/mol. The van der Waals surface area contributed by atoms with Crippen molar-refractivity contribution < 1.29 is 23.8 Å². The fourth-order valence-electron chi connectivity index (χ4n) is 2.65. The predicted octanol–water partition coefficient (Wildman–Crippen LogP) is 3.93. The van der Waals surface area contributed by atoms with Crippen LogP contribution in [0, 0.1) is 6.92 Å². The maximum Gasteiger partial charge on any atom is 0.351 e. The van der Waals surface area contributed by atoms with Gasteiger partial charge in [-0.15, -0.1) is 11.3 Å². The van der Waals surface area contributed by atoms with Gasteiger partial charge in [-0.1, -0.05) is 30.3 Å². The molecule has 0 spiro atoms. The van der Waals surface area contributed by atoms with Crippen LogP contribution in [-0.4, -0.2) is 37.7 Å². The number of hydrogen-bond donors (Lipinski definition) is 1. The molecule has 3 aromatic rings. The smallest absolute Gasteiger partial charge is 0.351 e. The van der Waals surface area contributed by atoms with Gasteiger partial charge in [0.2, 0.25) is 0 Å². The lowest BCUT2D eigenvalue weighted by molar-refractivity contribution is -0.119. The van der Waals surface area contributed by atoms with Crippen LogP contribution in [0.2, 0.25) is 0 Å². The number of esters is 1. The van der Waals surface area contributed by atoms with Crippen molar-refractivity contribution in [3.05, 3.63) is 58.4 Å². The number of carbonyl (C=O) groups is 2. The van der Waals surface area contributed by atoms with Gasteiger partial charge in [-0.05, 0) is 19.1 Å². The lowest BCUT2D eigenvalue weighted by Gasteiger charge is -2.12. The minimum Gasteiger partial charge on any atom is -0.497 e. The molecule has 1 N–H and O–H groups in total. The van der Waals surface area contributed by atoms with Crippen molar-refractivity contribution in [1.82, 2.24) is 4.98 Å². The number of benzene rings is 2. The van der Waals surface area contributed by atoms with E-state index >= 15 is 0 Å². The topological polar surface area (TPSA) is 86.8 Å². The van der Waals surface area contributed by atoms with E-state index in [1.165, 1.54) is 25.6 Å². The van der Waals surface area contributed by atoms with Gasteiger partial charge in [0.25, 0.3) is 5.91 Å². The molecule has 0 atom stereocenters. The van der Waals surface area contributed by atoms with Crippen molar-refractivity contribution in [2.45, 2.75) is 6.92 Å². The highest BCUT2D eigenvalue weighted by atomic mass is 32.1. The zero-order chi connectivity index (χ0) is 20.8. The van der Waals surface area contributed by atoms with Crippen LogP contribution in [-0.2, 0) is 9.53 Å². The fourth-order valence-corrected chi connectivity index (χ4v) is 3.49. The Labute approximate surface area is 172 Å². The number of nitrogens with one attached hydrogen (secondary N) is 1. The summed E-state index contributed by atoms with van der Waals surface area (Å²) in [6.07, 6.45) is 0. The lowest BCUT2D eigenvalue weighted by atomic mass is 10.1. The number of aromatic nitrogens is 1. The van der Waals surface area contributed by atoms with Gasteiger partial charge in [0.15, 0.2) is 6.61 Å². The number of amides is 1. The average molecular weight is 412 g/mol. The van der Waals surface area contributed by atoms with Gasteiger partial charge in [0.05, 0.1) is 30.6 Å². The first-order valence-electron chi connectivity index (χ1n) is 8.73. The lowest BCUT2D eigenvalue weighted by Crippen LogP contribution is -2.21. The summed E-state index contributed by atoms with van der Waals surface area (Å²) in [5.74, 6) is -0.0599. The number of carbonyl (C=O) groups excluding carboxylic acids is 2. The standard InChI is InChI=1S/C21H20N2O5S/c1-13-22-19(14-7-5-4-6-8-14)20(29-13)21(25)28-12-18(24)23-16-11-15(26-2)9-10-17(16)27-3/h4-11H,12H2,1-3H3,(H,23,24). The molecule has 0 unspecified atom stereocenters. The van der Waals surface area contributed by atoms with Crippen LogP contribution in [0.5, 0.6) is 11.5 Å². The summed E-state index contributed by atoms with van der Waals surface area (Å²) < 4.78 is 15.6. The van der Waals surface area contributed by atoms with Crippen LogP contribution in [0.25, 0.3) is 11.3 Å². The summed E-state index contributed by atoms with van der Waals surface area (Å²) in [5, 5.41) is 3.40. The normalized spacial score (nSPS) is 10.3. The van der Waals surface area contributed by atoms with Crippen LogP contribution in [0.1, 0.15) is 14.7 Å². The first kappa shape index (κ1) is 20.3. The molecule has 0 radical (unpaired) electrons. The van der Waals surface area contributed by atoms with Crippen LogP contribution < -0.4 is 14.8 Å². The Hall–Kier alpha value is -3.39. The second-order valence-corrected chi connectivity index (χ2v) is 7.17. The Morgan fingerprint density at radius 1 is 1.07 bits per heavy atom. The van der Waals surface area contributed by atoms with Crippen molar-refractivity contribution in [3.63, 3.8) is 0 Å². The third kappa shape index (κ3) is 4.91. The molecule has 0 bridgehead atoms. The van der Waals surface area contributed by atoms with Gasteiger partial charge < -0.3 is 19.5 Å². The van der Waals surface area contributed by atoms with E-state index in [9.17, 15) is 9.59 Å². The number of anilines is 1. The predicted molar refractivity (Wildman–Crippen MR) is 111 cm³/mol. The Kier molecular flexibility index (Phi) is 6.46. The quantitative estimate of drug-likeness (QED) is 0.592. The Morgan fingerprint density at radius 2 is 1.83 bits per heavy atom. The molecule has 1 aromatic heterocycles. The average Bonchev–Trinajstić information content (AvgIpc) is 3.14. The number of hydrogen-bond acceptors (Lipinski definition) is 7. The zero-order valence-electron chi connectivity index (χ0n) is 16.2. The largest absolute Gasteiger partial charge is 0.497 e. The van der Waals surface area contributed by atoms with Gasteiger partial charge in [-0.3, -0.25) is 4.79 Å². The number of rotatable bonds is 7. The molecular formula is C21H20N2O5S. The van der Waals surface area contributed by atoms with Crippen molar-refractivity contribution in [2.75, 3.05) is 26.1 Å². The van der Waals surface area contributed by atoms with E-state index in [-0.39, 0.29) is 0 Å². The molecule has 29 heavy (non-hydrogen) atoms. The van der Waals surface area contributed by atoms with E-state index in [1.54, 1.807) is 18.2 Å². The zero-order valence-corrected chi connectivity index (χ0v) is 17.0. The summed E-state index contributed by atoms with van der Waals surface area (Å²) in [5.41, 5.74) is 1.79. The van der Waals surface area contributed by atoms with Crippen LogP contribution in [0.15, 0.2) is 48.5 Å². The monoisotopic (exact) mass is 412 g/mol. The molecule has 1 heterocycles. The fraction of sp³-hybridized carbons (Fsp3) is 0.190. The summed E-state index contributed by atoms with van der Waals surface area (Å²) in [6.45, 7) is 1.38. The van der Waals surface area contributed by atoms with E-state index in [0.717, 1.165) is 10.6 Å². The Balaban J connectivity index is 1.68. The van der Waals surface area contributed by atoms with Gasteiger partial charge >= 0.3 is 5.97 Å². The van der Waals surface area contributed by atoms with Crippen molar-refractivity contribution in [1.29, 1.82) is 0 Å². The first-order valence-corrected chi connectivity index (χ1v) is 9.55. The highest BCUT2D eigenvalue weighted by molar-refractivity contribution is 7.14. The molecule has 0 saturated carbocycles. The minimum atomic E-state index is -0.595. The molecule has 0 aliphatic carbocycles. The SMILES string of the molecule is COc1ccc(OC)c(NC(=O)COC(=O)c2sc(C)nc2-c2ccccc2)c1. The van der Waals surface area contributed by atoms with Gasteiger partial charge in [-0.25, -0.2) is 9.78 Å². The molecule has 8 heteroatoms. The highest BCUT2D eigenvalue weighted by Gasteiger charge is 2.20. The molecule has 150 valence electrons. The number of aryl methyl sites for hydroxylation is 1. The molecule has 0 saturated heterocycles. The van der Waals surface area contributed by atoms with Crippen molar-refractivity contribution >= 4 is 28.9 Å². The summed E-state index contributed by atoms with van der Waals surface area (Å²) >= 11 is 1.23. The van der Waals surface area contributed by atoms with Crippen LogP contribution in [0.4, 0.5) is 5.69 Å². The van der Waals surface area contributed by atoms with Crippen molar-refractivity contribution in [2.24, 2.45) is 0 Å². The Bertz CT molecular complexity index is 1020. The molecule has 3 rings (SSSR count). The summed E-state index contributed by atoms with van der Waals surface area (Å²) in [7, 11) is 3.02. The van der Waals surface area contributed by atoms with Crippen LogP contribution in [0.3, 0.4) is 0 Å². The summed E-state index contributed by atoms with van der Waals surface area (Å²) in [6, 6.07) is 14.4. The number of thiazole rings is 1. The van der Waals surface area contributed by atoms with E-state index in [4.69, 9.17) is 14.2 Å². The summed E-state index contributed by atoms with van der Waals surface area (Å²) in [4.78, 5) is 29.6. The molecule has 2 aromatic carbocycles. The number of ether oxygens (including phenoxy) is 3. The van der Waals surface area contributed by atoms with Gasteiger partial charge in [-0.2, -0.15) is 0 Å². The minimum absolute atomic E-state index is 0.362. The molecule has 1 amide bonds. The van der Waals surface area contributed by atoms with Gasteiger partial charge in [0.1, 0.15) is 16.4 Å². The number of nitrogens with zero attached hydrogens (tertiary/aromatic N) is 1. The maximum absolute atomic E-state index is 12.6. The van der Waals surface area contributed by atoms with E-state index in [1.807, 2.05) is 37.3 Å². The molecule has 0 aliphatic rings. The maximum atomic E-state index is 12.6. The second kappa shape index (κ2) is 9.20. The van der Waals surface area contributed by atoms with Crippen LogP contribution >= 0.6 is 11.3 Å². The van der Waals surface area contributed by atoms with E-state index in [0.29, 0.717) is 27.8 Å². The second-order valence-electron chi connectivity index (χ2n) is 5.97. The highest BCUT2D eigenvalue weighted by Crippen LogP contribution is 2.30. The van der Waals surface area contributed by atoms with Crippen molar-refractivity contribution in [3.8, 4) is 22.8 Å². The molecule has 0 fully saturated rings. The third-order valence-electron chi connectivity index (χ3n) is 3.98. The Morgan fingerprint density at radius 3 is 2.52 bits per heavy atom.